The van der Waals surface area contributed by atoms with Gasteiger partial charge in [-0.3, -0.25) is 4.98 Å². The lowest BCUT2D eigenvalue weighted by Crippen LogP contribution is -1.98. The van der Waals surface area contributed by atoms with Gasteiger partial charge < -0.3 is 5.73 Å². The van der Waals surface area contributed by atoms with Crippen molar-refractivity contribution in [2.75, 3.05) is 0 Å². The highest BCUT2D eigenvalue weighted by atomic mass is 32.2. The van der Waals surface area contributed by atoms with Crippen molar-refractivity contribution in [3.8, 4) is 0 Å². The SMILES string of the molecule is Cc1ccc(Sc2ccnc(CN)c2)cc1C. The number of benzene rings is 1. The molecule has 1 aromatic heterocycles. The van der Waals surface area contributed by atoms with Crippen LogP contribution in [0.1, 0.15) is 16.8 Å². The average Bonchev–Trinajstić information content (AvgIpc) is 2.34. The van der Waals surface area contributed by atoms with Crippen molar-refractivity contribution in [2.45, 2.75) is 30.2 Å². The quantitative estimate of drug-likeness (QED) is 0.900. The molecule has 17 heavy (non-hydrogen) atoms. The van der Waals surface area contributed by atoms with Crippen LogP contribution in [0.25, 0.3) is 0 Å². The van der Waals surface area contributed by atoms with Crippen molar-refractivity contribution >= 4 is 11.8 Å². The van der Waals surface area contributed by atoms with Crippen LogP contribution in [-0.4, -0.2) is 4.98 Å². The molecule has 0 fully saturated rings. The van der Waals surface area contributed by atoms with E-state index in [1.165, 1.54) is 20.9 Å². The Morgan fingerprint density at radius 1 is 1.06 bits per heavy atom. The fraction of sp³-hybridized carbons (Fsp3) is 0.214. The molecule has 0 bridgehead atoms. The Labute approximate surface area is 106 Å². The third-order valence-electron chi connectivity index (χ3n) is 2.71. The summed E-state index contributed by atoms with van der Waals surface area (Å²) in [6.07, 6.45) is 1.81. The molecule has 1 heterocycles. The summed E-state index contributed by atoms with van der Waals surface area (Å²) >= 11 is 1.74. The zero-order valence-corrected chi connectivity index (χ0v) is 10.9. The summed E-state index contributed by atoms with van der Waals surface area (Å²) in [6.45, 7) is 4.75. The normalized spacial score (nSPS) is 10.5. The molecule has 0 saturated heterocycles. The fourth-order valence-corrected chi connectivity index (χ4v) is 2.51. The van der Waals surface area contributed by atoms with Gasteiger partial charge in [-0.15, -0.1) is 0 Å². The molecule has 0 aliphatic rings. The van der Waals surface area contributed by atoms with E-state index in [0.29, 0.717) is 6.54 Å². The molecule has 2 nitrogen and oxygen atoms in total. The molecule has 0 saturated carbocycles. The minimum atomic E-state index is 0.487. The maximum Gasteiger partial charge on any atom is 0.0550 e. The first kappa shape index (κ1) is 12.1. The highest BCUT2D eigenvalue weighted by Gasteiger charge is 2.01. The molecule has 1 aromatic carbocycles. The van der Waals surface area contributed by atoms with E-state index in [1.807, 2.05) is 18.3 Å². The van der Waals surface area contributed by atoms with E-state index in [-0.39, 0.29) is 0 Å². The second-order valence-corrected chi connectivity index (χ2v) is 5.18. The van der Waals surface area contributed by atoms with Crippen LogP contribution >= 0.6 is 11.8 Å². The summed E-state index contributed by atoms with van der Waals surface area (Å²) in [4.78, 5) is 6.63. The first-order chi connectivity index (χ1) is 8.19. The molecule has 2 aromatic rings. The van der Waals surface area contributed by atoms with Gasteiger partial charge in [-0.2, -0.15) is 0 Å². The van der Waals surface area contributed by atoms with Gasteiger partial charge in [0.05, 0.1) is 5.69 Å². The minimum Gasteiger partial charge on any atom is -0.325 e. The van der Waals surface area contributed by atoms with Gasteiger partial charge in [0.2, 0.25) is 0 Å². The Hall–Kier alpha value is -1.32. The summed E-state index contributed by atoms with van der Waals surface area (Å²) in [5.74, 6) is 0. The molecule has 0 unspecified atom stereocenters. The van der Waals surface area contributed by atoms with Crippen LogP contribution in [0.15, 0.2) is 46.3 Å². The third kappa shape index (κ3) is 3.08. The smallest absolute Gasteiger partial charge is 0.0550 e. The van der Waals surface area contributed by atoms with Crippen LogP contribution in [-0.2, 0) is 6.54 Å². The van der Waals surface area contributed by atoms with Crippen molar-refractivity contribution in [1.82, 2.24) is 4.98 Å². The average molecular weight is 244 g/mol. The van der Waals surface area contributed by atoms with Crippen LogP contribution in [0.2, 0.25) is 0 Å². The zero-order valence-electron chi connectivity index (χ0n) is 10.1. The molecular weight excluding hydrogens is 228 g/mol. The van der Waals surface area contributed by atoms with Gasteiger partial charge in [0, 0.05) is 22.5 Å². The highest BCUT2D eigenvalue weighted by Crippen LogP contribution is 2.28. The molecule has 0 radical (unpaired) electrons. The Morgan fingerprint density at radius 3 is 2.53 bits per heavy atom. The molecule has 2 N–H and O–H groups in total. The van der Waals surface area contributed by atoms with Crippen molar-refractivity contribution in [3.05, 3.63) is 53.3 Å². The van der Waals surface area contributed by atoms with Crippen molar-refractivity contribution in [1.29, 1.82) is 0 Å². The third-order valence-corrected chi connectivity index (χ3v) is 3.69. The standard InChI is InChI=1S/C14H16N2S/c1-10-3-4-13(7-11(10)2)17-14-5-6-16-12(8-14)9-15/h3-8H,9,15H2,1-2H3. The number of nitrogens with two attached hydrogens (primary N) is 1. The van der Waals surface area contributed by atoms with Crippen molar-refractivity contribution in [2.24, 2.45) is 5.73 Å². The Kier molecular flexibility index (Phi) is 3.82. The van der Waals surface area contributed by atoms with Gasteiger partial charge in [0.15, 0.2) is 0 Å². The first-order valence-electron chi connectivity index (χ1n) is 5.59. The van der Waals surface area contributed by atoms with Crippen molar-refractivity contribution < 1.29 is 0 Å². The zero-order chi connectivity index (χ0) is 12.3. The highest BCUT2D eigenvalue weighted by molar-refractivity contribution is 7.99. The molecule has 0 aliphatic carbocycles. The topological polar surface area (TPSA) is 38.9 Å². The lowest BCUT2D eigenvalue weighted by atomic mass is 10.1. The molecule has 2 rings (SSSR count). The lowest BCUT2D eigenvalue weighted by Gasteiger charge is -2.06. The number of nitrogens with zero attached hydrogens (tertiary/aromatic N) is 1. The maximum atomic E-state index is 5.58. The number of aromatic nitrogens is 1. The van der Waals surface area contributed by atoms with Gasteiger partial charge >= 0.3 is 0 Å². The largest absolute Gasteiger partial charge is 0.325 e. The summed E-state index contributed by atoms with van der Waals surface area (Å²) in [5, 5.41) is 0. The second-order valence-electron chi connectivity index (χ2n) is 4.04. The molecule has 88 valence electrons. The van der Waals surface area contributed by atoms with Gasteiger partial charge in [0.1, 0.15) is 0 Å². The van der Waals surface area contributed by atoms with Gasteiger partial charge in [-0.05, 0) is 49.2 Å². The molecular formula is C14H16N2S. The number of pyridine rings is 1. The number of hydrogen-bond acceptors (Lipinski definition) is 3. The van der Waals surface area contributed by atoms with Gasteiger partial charge in [-0.25, -0.2) is 0 Å². The summed E-state index contributed by atoms with van der Waals surface area (Å²) < 4.78 is 0. The first-order valence-corrected chi connectivity index (χ1v) is 6.41. The molecule has 0 atom stereocenters. The van der Waals surface area contributed by atoms with E-state index < -0.39 is 0 Å². The van der Waals surface area contributed by atoms with E-state index in [0.717, 1.165) is 5.69 Å². The van der Waals surface area contributed by atoms with Crippen LogP contribution in [0.3, 0.4) is 0 Å². The second kappa shape index (κ2) is 5.34. The fourth-order valence-electron chi connectivity index (χ4n) is 1.54. The van der Waals surface area contributed by atoms with Crippen LogP contribution < -0.4 is 5.73 Å². The Bertz CT molecular complexity index is 523. The molecule has 0 aliphatic heterocycles. The van der Waals surface area contributed by atoms with E-state index >= 15 is 0 Å². The predicted octanol–water partition coefficient (Wildman–Crippen LogP) is 3.31. The monoisotopic (exact) mass is 244 g/mol. The summed E-state index contributed by atoms with van der Waals surface area (Å²) in [7, 11) is 0. The van der Waals surface area contributed by atoms with Gasteiger partial charge in [0.25, 0.3) is 0 Å². The van der Waals surface area contributed by atoms with Gasteiger partial charge in [-0.1, -0.05) is 17.8 Å². The Morgan fingerprint density at radius 2 is 1.82 bits per heavy atom. The predicted molar refractivity (Wildman–Crippen MR) is 72.2 cm³/mol. The lowest BCUT2D eigenvalue weighted by molar-refractivity contribution is 0.976. The van der Waals surface area contributed by atoms with Crippen LogP contribution in [0, 0.1) is 13.8 Å². The number of hydrogen-bond donors (Lipinski definition) is 1. The van der Waals surface area contributed by atoms with E-state index in [4.69, 9.17) is 5.73 Å². The van der Waals surface area contributed by atoms with Crippen LogP contribution in [0.4, 0.5) is 0 Å². The van der Waals surface area contributed by atoms with E-state index in [2.05, 4.69) is 37.0 Å². The molecule has 0 amide bonds. The maximum absolute atomic E-state index is 5.58. The summed E-state index contributed by atoms with van der Waals surface area (Å²) in [5.41, 5.74) is 9.16. The van der Waals surface area contributed by atoms with E-state index in [1.54, 1.807) is 11.8 Å². The van der Waals surface area contributed by atoms with E-state index in [9.17, 15) is 0 Å². The number of rotatable bonds is 3. The molecule has 0 spiro atoms. The minimum absolute atomic E-state index is 0.487. The summed E-state index contributed by atoms with van der Waals surface area (Å²) in [6, 6.07) is 10.6. The number of aryl methyl sites for hydroxylation is 2. The Balaban J connectivity index is 2.22. The van der Waals surface area contributed by atoms with Crippen molar-refractivity contribution in [3.63, 3.8) is 0 Å². The molecule has 3 heteroatoms. The van der Waals surface area contributed by atoms with Crippen LogP contribution in [0.5, 0.6) is 0 Å².